The molecule has 1 heterocycles. The number of carbonyl (C=O) groups excluding carboxylic acids is 3. The third-order valence-corrected chi connectivity index (χ3v) is 4.44. The highest BCUT2D eigenvalue weighted by molar-refractivity contribution is 7.12. The topological polar surface area (TPSA) is 72.5 Å². The van der Waals surface area contributed by atoms with Crippen LogP contribution in [0.4, 0.5) is 0 Å². The zero-order valence-corrected chi connectivity index (χ0v) is 14.9. The van der Waals surface area contributed by atoms with Gasteiger partial charge in [-0.15, -0.1) is 11.3 Å². The maximum Gasteiger partial charge on any atom is 0.339 e. The molecular formula is C19H21NO4S. The van der Waals surface area contributed by atoms with E-state index in [4.69, 9.17) is 4.74 Å². The normalized spacial score (nSPS) is 10.3. The van der Waals surface area contributed by atoms with Gasteiger partial charge in [0.15, 0.2) is 6.61 Å². The monoisotopic (exact) mass is 359 g/mol. The van der Waals surface area contributed by atoms with Crippen molar-refractivity contribution in [3.05, 3.63) is 57.8 Å². The van der Waals surface area contributed by atoms with Gasteiger partial charge in [0.25, 0.3) is 5.91 Å². The summed E-state index contributed by atoms with van der Waals surface area (Å²) >= 11 is 1.31. The average Bonchev–Trinajstić information content (AvgIpc) is 3.17. The van der Waals surface area contributed by atoms with Gasteiger partial charge in [0.2, 0.25) is 5.78 Å². The number of esters is 1. The van der Waals surface area contributed by atoms with E-state index in [1.165, 1.54) is 17.4 Å². The molecule has 1 aromatic carbocycles. The van der Waals surface area contributed by atoms with Crippen molar-refractivity contribution in [2.45, 2.75) is 26.2 Å². The number of benzene rings is 1. The lowest BCUT2D eigenvalue weighted by Crippen LogP contribution is -2.29. The van der Waals surface area contributed by atoms with Gasteiger partial charge in [0.05, 0.1) is 10.4 Å². The Morgan fingerprint density at radius 3 is 2.48 bits per heavy atom. The van der Waals surface area contributed by atoms with Crippen LogP contribution in [0, 0.1) is 0 Å². The van der Waals surface area contributed by atoms with Crippen molar-refractivity contribution in [3.63, 3.8) is 0 Å². The van der Waals surface area contributed by atoms with Gasteiger partial charge < -0.3 is 10.1 Å². The van der Waals surface area contributed by atoms with Gasteiger partial charge in [-0.05, 0) is 23.9 Å². The fourth-order valence-electron chi connectivity index (χ4n) is 2.26. The van der Waals surface area contributed by atoms with Gasteiger partial charge in [-0.1, -0.05) is 44.0 Å². The molecule has 1 aromatic heterocycles. The van der Waals surface area contributed by atoms with Crippen LogP contribution < -0.4 is 5.32 Å². The number of ether oxygens (including phenoxy) is 1. The number of amides is 1. The maximum absolute atomic E-state index is 12.5. The third-order valence-electron chi connectivity index (χ3n) is 3.57. The Morgan fingerprint density at radius 2 is 1.80 bits per heavy atom. The fraction of sp³-hybridized carbons (Fsp3) is 0.316. The molecule has 1 amide bonds. The highest BCUT2D eigenvalue weighted by Gasteiger charge is 2.20. The van der Waals surface area contributed by atoms with E-state index in [0.29, 0.717) is 11.4 Å². The minimum Gasteiger partial charge on any atom is -0.452 e. The fourth-order valence-corrected chi connectivity index (χ4v) is 2.94. The van der Waals surface area contributed by atoms with Crippen molar-refractivity contribution in [1.29, 1.82) is 0 Å². The predicted molar refractivity (Wildman–Crippen MR) is 97.0 cm³/mol. The first-order chi connectivity index (χ1) is 12.1. The minimum absolute atomic E-state index is 0.166. The number of nitrogens with one attached hydrogen (secondary N) is 1. The quantitative estimate of drug-likeness (QED) is 0.423. The van der Waals surface area contributed by atoms with E-state index in [2.05, 4.69) is 12.2 Å². The average molecular weight is 359 g/mol. The molecule has 0 aliphatic carbocycles. The first-order valence-corrected chi connectivity index (χ1v) is 9.12. The molecule has 0 aliphatic heterocycles. The summed E-state index contributed by atoms with van der Waals surface area (Å²) in [6.07, 6.45) is 3.01. The van der Waals surface area contributed by atoms with Crippen LogP contribution in [0.15, 0.2) is 41.8 Å². The van der Waals surface area contributed by atoms with Crippen LogP contribution in [-0.2, 0) is 9.53 Å². The molecule has 1 N–H and O–H groups in total. The van der Waals surface area contributed by atoms with E-state index in [-0.39, 0.29) is 29.4 Å². The number of unbranched alkanes of at least 4 members (excludes halogenated alkanes) is 2. The van der Waals surface area contributed by atoms with Crippen LogP contribution in [0.25, 0.3) is 0 Å². The molecule has 6 heteroatoms. The van der Waals surface area contributed by atoms with Crippen LogP contribution in [0.5, 0.6) is 0 Å². The van der Waals surface area contributed by atoms with Crippen molar-refractivity contribution in [2.24, 2.45) is 0 Å². The second-order valence-corrected chi connectivity index (χ2v) is 6.43. The number of hydrogen-bond donors (Lipinski definition) is 1. The zero-order valence-electron chi connectivity index (χ0n) is 14.1. The van der Waals surface area contributed by atoms with Crippen LogP contribution in [0.3, 0.4) is 0 Å². The maximum atomic E-state index is 12.5. The molecule has 25 heavy (non-hydrogen) atoms. The molecule has 0 atom stereocenters. The van der Waals surface area contributed by atoms with Crippen molar-refractivity contribution >= 4 is 29.0 Å². The molecule has 0 saturated heterocycles. The number of thiophene rings is 1. The Labute approximate surface area is 151 Å². The highest BCUT2D eigenvalue weighted by atomic mass is 32.1. The summed E-state index contributed by atoms with van der Waals surface area (Å²) < 4.78 is 5.06. The molecule has 0 radical (unpaired) electrons. The molecule has 0 spiro atoms. The number of carbonyl (C=O) groups is 3. The Hall–Kier alpha value is -2.47. The standard InChI is InChI=1S/C19H21NO4S/c1-2-3-6-11-20-17(21)13-24-19(23)15-9-5-4-8-14(15)18(22)16-10-7-12-25-16/h4-5,7-10,12H,2-3,6,11,13H2,1H3,(H,20,21). The first-order valence-electron chi connectivity index (χ1n) is 8.24. The van der Waals surface area contributed by atoms with E-state index in [0.717, 1.165) is 19.3 Å². The van der Waals surface area contributed by atoms with E-state index in [1.807, 2.05) is 0 Å². The second kappa shape index (κ2) is 9.74. The SMILES string of the molecule is CCCCCNC(=O)COC(=O)c1ccccc1C(=O)c1cccs1. The van der Waals surface area contributed by atoms with Gasteiger partial charge >= 0.3 is 5.97 Å². The molecular weight excluding hydrogens is 338 g/mol. The summed E-state index contributed by atoms with van der Waals surface area (Å²) in [6.45, 7) is 2.29. The Kier molecular flexibility index (Phi) is 7.35. The van der Waals surface area contributed by atoms with Gasteiger partial charge in [-0.2, -0.15) is 0 Å². The molecule has 0 unspecified atom stereocenters. The summed E-state index contributed by atoms with van der Waals surface area (Å²) in [5.74, 6) is -1.25. The van der Waals surface area contributed by atoms with Crippen LogP contribution >= 0.6 is 11.3 Å². The summed E-state index contributed by atoms with van der Waals surface area (Å²) in [4.78, 5) is 37.0. The Bertz CT molecular complexity index is 725. The Morgan fingerprint density at radius 1 is 1.04 bits per heavy atom. The predicted octanol–water partition coefficient (Wildman–Crippen LogP) is 3.44. The summed E-state index contributed by atoms with van der Waals surface area (Å²) in [7, 11) is 0. The van der Waals surface area contributed by atoms with Crippen molar-refractivity contribution in [2.75, 3.05) is 13.2 Å². The molecule has 0 aliphatic rings. The van der Waals surface area contributed by atoms with Crippen LogP contribution in [0.2, 0.25) is 0 Å². The van der Waals surface area contributed by atoms with E-state index in [9.17, 15) is 14.4 Å². The largest absolute Gasteiger partial charge is 0.452 e. The summed E-state index contributed by atoms with van der Waals surface area (Å²) in [6, 6.07) is 9.96. The van der Waals surface area contributed by atoms with Gasteiger partial charge in [0, 0.05) is 12.1 Å². The van der Waals surface area contributed by atoms with Gasteiger partial charge in [-0.25, -0.2) is 4.79 Å². The summed E-state index contributed by atoms with van der Waals surface area (Å²) in [5.41, 5.74) is 0.443. The Balaban J connectivity index is 1.96. The lowest BCUT2D eigenvalue weighted by Gasteiger charge is -2.09. The lowest BCUT2D eigenvalue weighted by atomic mass is 10.0. The molecule has 5 nitrogen and oxygen atoms in total. The molecule has 2 rings (SSSR count). The molecule has 0 bridgehead atoms. The van der Waals surface area contributed by atoms with Gasteiger partial charge in [0.1, 0.15) is 0 Å². The van der Waals surface area contributed by atoms with E-state index in [1.54, 1.807) is 35.7 Å². The van der Waals surface area contributed by atoms with Crippen molar-refractivity contribution < 1.29 is 19.1 Å². The molecule has 0 fully saturated rings. The zero-order chi connectivity index (χ0) is 18.1. The third kappa shape index (κ3) is 5.53. The first kappa shape index (κ1) is 18.9. The van der Waals surface area contributed by atoms with Crippen LogP contribution in [0.1, 0.15) is 51.8 Å². The number of rotatable bonds is 9. The lowest BCUT2D eigenvalue weighted by molar-refractivity contribution is -0.124. The molecule has 2 aromatic rings. The second-order valence-electron chi connectivity index (χ2n) is 5.49. The highest BCUT2D eigenvalue weighted by Crippen LogP contribution is 2.19. The smallest absolute Gasteiger partial charge is 0.339 e. The number of hydrogen-bond acceptors (Lipinski definition) is 5. The van der Waals surface area contributed by atoms with Gasteiger partial charge in [-0.3, -0.25) is 9.59 Å². The summed E-state index contributed by atoms with van der Waals surface area (Å²) in [5, 5.41) is 4.51. The molecule has 0 saturated carbocycles. The van der Waals surface area contributed by atoms with Crippen LogP contribution in [-0.4, -0.2) is 30.8 Å². The van der Waals surface area contributed by atoms with Crippen molar-refractivity contribution in [3.8, 4) is 0 Å². The molecule has 132 valence electrons. The van der Waals surface area contributed by atoms with E-state index < -0.39 is 5.97 Å². The minimum atomic E-state index is -0.677. The number of ketones is 1. The van der Waals surface area contributed by atoms with Crippen molar-refractivity contribution in [1.82, 2.24) is 5.32 Å². The van der Waals surface area contributed by atoms with E-state index >= 15 is 0 Å².